The monoisotopic (exact) mass is 529 g/mol. The summed E-state index contributed by atoms with van der Waals surface area (Å²) in [5.74, 6) is 2.77. The van der Waals surface area contributed by atoms with Gasteiger partial charge < -0.3 is 23.7 Å². The van der Waals surface area contributed by atoms with E-state index in [0.29, 0.717) is 32.0 Å². The molecule has 0 aliphatic rings. The molecule has 0 saturated heterocycles. The summed E-state index contributed by atoms with van der Waals surface area (Å²) in [6, 6.07) is 25.2. The molecule has 39 heavy (non-hydrogen) atoms. The lowest BCUT2D eigenvalue weighted by Crippen LogP contribution is -2.38. The van der Waals surface area contributed by atoms with Gasteiger partial charge in [0.25, 0.3) is 0 Å². The van der Waals surface area contributed by atoms with Gasteiger partial charge in [-0.05, 0) is 92.9 Å². The molecule has 7 nitrogen and oxygen atoms in total. The van der Waals surface area contributed by atoms with E-state index < -0.39 is 11.6 Å². The summed E-state index contributed by atoms with van der Waals surface area (Å²) in [7, 11) is 0. The molecular formula is C32H35NO6. The zero-order valence-electron chi connectivity index (χ0n) is 22.8. The average molecular weight is 530 g/mol. The molecule has 0 saturated carbocycles. The standard InChI is InChI=1S/C32H35NO6/c1-23-19-25(20-24(2)30(23)39-32(3,4)31(34)35)21-33(22-29-11-8-17-36-29)16-18-37-26-12-14-28(15-13-26)38-27-9-6-5-7-10-27/h5-15,17,19-20H,16,18,21-22H2,1-4H3,(H,34,35). The van der Waals surface area contributed by atoms with Gasteiger partial charge in [0.05, 0.1) is 12.8 Å². The molecule has 0 atom stereocenters. The van der Waals surface area contributed by atoms with Gasteiger partial charge in [-0.25, -0.2) is 4.79 Å². The molecule has 0 aliphatic heterocycles. The minimum absolute atomic E-state index is 0.492. The summed E-state index contributed by atoms with van der Waals surface area (Å²) in [5, 5.41) is 9.46. The van der Waals surface area contributed by atoms with Crippen LogP contribution >= 0.6 is 0 Å². The lowest BCUT2D eigenvalue weighted by atomic mass is 10.0. The zero-order chi connectivity index (χ0) is 27.8. The predicted octanol–water partition coefficient (Wildman–Crippen LogP) is 7.01. The summed E-state index contributed by atoms with van der Waals surface area (Å²) < 4.78 is 23.4. The number of rotatable bonds is 13. The minimum atomic E-state index is -1.31. The summed E-state index contributed by atoms with van der Waals surface area (Å²) in [6.07, 6.45) is 1.67. The number of carbonyl (C=O) groups is 1. The second kappa shape index (κ2) is 12.5. The first kappa shape index (κ1) is 27.8. The third-order valence-electron chi connectivity index (χ3n) is 6.24. The van der Waals surface area contributed by atoms with Crippen molar-refractivity contribution in [2.24, 2.45) is 0 Å². The highest BCUT2D eigenvalue weighted by Gasteiger charge is 2.30. The molecule has 0 unspecified atom stereocenters. The lowest BCUT2D eigenvalue weighted by Gasteiger charge is -2.26. The molecule has 1 aromatic heterocycles. The molecule has 0 spiro atoms. The van der Waals surface area contributed by atoms with Crippen LogP contribution in [0.15, 0.2) is 89.5 Å². The Bertz CT molecular complexity index is 1320. The van der Waals surface area contributed by atoms with Gasteiger partial charge in [0.1, 0.15) is 35.4 Å². The molecule has 0 amide bonds. The van der Waals surface area contributed by atoms with Crippen LogP contribution in [-0.4, -0.2) is 34.7 Å². The fraction of sp³-hybridized carbons (Fsp3) is 0.281. The maximum absolute atomic E-state index is 11.5. The molecule has 0 radical (unpaired) electrons. The Kier molecular flexibility index (Phi) is 8.94. The largest absolute Gasteiger partial charge is 0.492 e. The minimum Gasteiger partial charge on any atom is -0.492 e. The van der Waals surface area contributed by atoms with Gasteiger partial charge in [0.2, 0.25) is 0 Å². The van der Waals surface area contributed by atoms with Gasteiger partial charge in [-0.1, -0.05) is 30.3 Å². The number of hydrogen-bond acceptors (Lipinski definition) is 6. The Balaban J connectivity index is 1.39. The highest BCUT2D eigenvalue weighted by molar-refractivity contribution is 5.77. The van der Waals surface area contributed by atoms with E-state index in [1.165, 1.54) is 0 Å². The number of carboxylic acids is 1. The third kappa shape index (κ3) is 7.88. The number of benzene rings is 3. The van der Waals surface area contributed by atoms with E-state index in [1.807, 2.05) is 92.7 Å². The Hall–Kier alpha value is -4.23. The maximum atomic E-state index is 11.5. The van der Waals surface area contributed by atoms with Crippen LogP contribution in [0.25, 0.3) is 0 Å². The Labute approximate surface area is 229 Å². The van der Waals surface area contributed by atoms with Crippen LogP contribution in [0.4, 0.5) is 0 Å². The van der Waals surface area contributed by atoms with Crippen molar-refractivity contribution < 1.29 is 28.5 Å². The van der Waals surface area contributed by atoms with Crippen molar-refractivity contribution >= 4 is 5.97 Å². The second-order valence-electron chi connectivity index (χ2n) is 10.0. The van der Waals surface area contributed by atoms with Crippen LogP contribution < -0.4 is 14.2 Å². The van der Waals surface area contributed by atoms with Crippen molar-refractivity contribution in [1.82, 2.24) is 4.90 Å². The topological polar surface area (TPSA) is 81.4 Å². The Morgan fingerprint density at radius 2 is 1.51 bits per heavy atom. The molecular weight excluding hydrogens is 494 g/mol. The highest BCUT2D eigenvalue weighted by atomic mass is 16.5. The fourth-order valence-electron chi connectivity index (χ4n) is 4.21. The number of ether oxygens (including phenoxy) is 3. The average Bonchev–Trinajstić information content (AvgIpc) is 3.41. The normalized spacial score (nSPS) is 11.4. The van der Waals surface area contributed by atoms with Crippen molar-refractivity contribution in [1.29, 1.82) is 0 Å². The van der Waals surface area contributed by atoms with E-state index in [-0.39, 0.29) is 0 Å². The van der Waals surface area contributed by atoms with Crippen LogP contribution in [0.1, 0.15) is 36.3 Å². The van der Waals surface area contributed by atoms with Crippen LogP contribution in [0.2, 0.25) is 0 Å². The summed E-state index contributed by atoms with van der Waals surface area (Å²) in [4.78, 5) is 13.8. The molecule has 3 aromatic carbocycles. The number of furan rings is 1. The SMILES string of the molecule is Cc1cc(CN(CCOc2ccc(Oc3ccccc3)cc2)Cc2ccco2)cc(C)c1OC(C)(C)C(=O)O. The second-order valence-corrected chi connectivity index (χ2v) is 10.0. The molecule has 7 heteroatoms. The Morgan fingerprint density at radius 1 is 0.872 bits per heavy atom. The first-order chi connectivity index (χ1) is 18.7. The van der Waals surface area contributed by atoms with Gasteiger partial charge in [-0.3, -0.25) is 4.90 Å². The van der Waals surface area contributed by atoms with E-state index in [4.69, 9.17) is 18.6 Å². The number of hydrogen-bond donors (Lipinski definition) is 1. The van der Waals surface area contributed by atoms with Crippen molar-refractivity contribution in [3.05, 3.63) is 108 Å². The third-order valence-corrected chi connectivity index (χ3v) is 6.24. The first-order valence-electron chi connectivity index (χ1n) is 12.9. The molecule has 0 fully saturated rings. The molecule has 0 aliphatic carbocycles. The molecule has 204 valence electrons. The van der Waals surface area contributed by atoms with Crippen molar-refractivity contribution in [3.8, 4) is 23.0 Å². The van der Waals surface area contributed by atoms with Gasteiger partial charge >= 0.3 is 5.97 Å². The number of para-hydroxylation sites is 1. The summed E-state index contributed by atoms with van der Waals surface area (Å²) in [6.45, 7) is 9.44. The molecule has 1 heterocycles. The van der Waals surface area contributed by atoms with Gasteiger partial charge in [-0.2, -0.15) is 0 Å². The van der Waals surface area contributed by atoms with Gasteiger partial charge in [0, 0.05) is 13.1 Å². The maximum Gasteiger partial charge on any atom is 0.347 e. The first-order valence-corrected chi connectivity index (χ1v) is 12.9. The van der Waals surface area contributed by atoms with Crippen molar-refractivity contribution in [2.45, 2.75) is 46.4 Å². The number of carboxylic acid groups (broad SMARTS) is 1. The van der Waals surface area contributed by atoms with Gasteiger partial charge in [-0.15, -0.1) is 0 Å². The van der Waals surface area contributed by atoms with Gasteiger partial charge in [0.15, 0.2) is 5.60 Å². The van der Waals surface area contributed by atoms with E-state index in [9.17, 15) is 9.90 Å². The highest BCUT2D eigenvalue weighted by Crippen LogP contribution is 2.29. The lowest BCUT2D eigenvalue weighted by molar-refractivity contribution is -0.152. The van der Waals surface area contributed by atoms with Crippen LogP contribution in [0.3, 0.4) is 0 Å². The van der Waals surface area contributed by atoms with E-state index >= 15 is 0 Å². The molecule has 4 aromatic rings. The van der Waals surface area contributed by atoms with Crippen molar-refractivity contribution in [2.75, 3.05) is 13.2 Å². The molecule has 0 bridgehead atoms. The summed E-state index contributed by atoms with van der Waals surface area (Å²) in [5.41, 5.74) is 1.57. The van der Waals surface area contributed by atoms with Crippen LogP contribution in [0.5, 0.6) is 23.0 Å². The van der Waals surface area contributed by atoms with E-state index in [2.05, 4.69) is 4.90 Å². The molecule has 1 N–H and O–H groups in total. The van der Waals surface area contributed by atoms with E-state index in [0.717, 1.165) is 39.7 Å². The van der Waals surface area contributed by atoms with E-state index in [1.54, 1.807) is 20.1 Å². The zero-order valence-corrected chi connectivity index (χ0v) is 22.8. The quantitative estimate of drug-likeness (QED) is 0.199. The smallest absolute Gasteiger partial charge is 0.347 e. The molecule has 4 rings (SSSR count). The fourth-order valence-corrected chi connectivity index (χ4v) is 4.21. The number of aryl methyl sites for hydroxylation is 2. The van der Waals surface area contributed by atoms with Crippen molar-refractivity contribution in [3.63, 3.8) is 0 Å². The van der Waals surface area contributed by atoms with Crippen LogP contribution in [0, 0.1) is 13.8 Å². The predicted molar refractivity (Wildman–Crippen MR) is 150 cm³/mol. The number of nitrogens with zero attached hydrogens (tertiary/aromatic N) is 1. The Morgan fingerprint density at radius 3 is 2.13 bits per heavy atom. The summed E-state index contributed by atoms with van der Waals surface area (Å²) >= 11 is 0. The van der Waals surface area contributed by atoms with Crippen LogP contribution in [-0.2, 0) is 17.9 Å². The number of aliphatic carboxylic acids is 1.